The van der Waals surface area contributed by atoms with Crippen LogP contribution in [0.3, 0.4) is 0 Å². The van der Waals surface area contributed by atoms with Crippen LogP contribution in [-0.2, 0) is 0 Å². The van der Waals surface area contributed by atoms with Crippen molar-refractivity contribution in [1.29, 1.82) is 0 Å². The Bertz CT molecular complexity index is 631. The van der Waals surface area contributed by atoms with Gasteiger partial charge in [0.15, 0.2) is 0 Å². The fourth-order valence-electron chi connectivity index (χ4n) is 2.06. The largest absolute Gasteiger partial charge is 0.508 e. The minimum Gasteiger partial charge on any atom is -0.508 e. The minimum absolute atomic E-state index is 0.0940. The van der Waals surface area contributed by atoms with Gasteiger partial charge in [0.1, 0.15) is 17.2 Å². The monoisotopic (exact) mass is 351 g/mol. The quantitative estimate of drug-likeness (QED) is 0.840. The molecule has 0 aliphatic carbocycles. The van der Waals surface area contributed by atoms with Crippen LogP contribution in [0.4, 0.5) is 5.69 Å². The third-order valence-electron chi connectivity index (χ3n) is 3.25. The molecule has 0 saturated carbocycles. The Morgan fingerprint density at radius 2 is 1.67 bits per heavy atom. The molecule has 2 rings (SSSR count). The smallest absolute Gasteiger partial charge is 0.121 e. The van der Waals surface area contributed by atoms with Gasteiger partial charge in [0.25, 0.3) is 0 Å². The summed E-state index contributed by atoms with van der Waals surface area (Å²) in [6, 6.07) is 10.8. The summed E-state index contributed by atoms with van der Waals surface area (Å²) >= 11 is 3.50. The number of halogens is 1. The first kappa shape index (κ1) is 15.5. The lowest BCUT2D eigenvalue weighted by Crippen LogP contribution is -2.07. The Kier molecular flexibility index (Phi) is 4.96. The molecule has 0 radical (unpaired) electrons. The minimum atomic E-state index is -0.0940. The lowest BCUT2D eigenvalue weighted by molar-refractivity contribution is 0.410. The molecule has 0 aliphatic rings. The Morgan fingerprint density at radius 1 is 1.05 bits per heavy atom. The number of methoxy groups -OCH3 is 2. The van der Waals surface area contributed by atoms with E-state index in [1.165, 1.54) is 0 Å². The molecule has 5 heteroatoms. The van der Waals surface area contributed by atoms with Gasteiger partial charge in [0.05, 0.1) is 25.9 Å². The van der Waals surface area contributed by atoms with Crippen LogP contribution in [0.2, 0.25) is 0 Å². The SMILES string of the molecule is COc1ccc(Br)c(NC(C)c2cc(OC)ccc2O)c1. The van der Waals surface area contributed by atoms with Crippen LogP contribution in [-0.4, -0.2) is 19.3 Å². The van der Waals surface area contributed by atoms with Gasteiger partial charge >= 0.3 is 0 Å². The third-order valence-corrected chi connectivity index (χ3v) is 3.94. The maximum atomic E-state index is 10.0. The Labute approximate surface area is 132 Å². The van der Waals surface area contributed by atoms with Crippen molar-refractivity contribution in [2.24, 2.45) is 0 Å². The number of phenols is 1. The van der Waals surface area contributed by atoms with Crippen LogP contribution in [0.25, 0.3) is 0 Å². The molecular formula is C16H18BrNO3. The van der Waals surface area contributed by atoms with E-state index in [4.69, 9.17) is 9.47 Å². The van der Waals surface area contributed by atoms with Gasteiger partial charge in [-0.25, -0.2) is 0 Å². The van der Waals surface area contributed by atoms with Gasteiger partial charge in [0, 0.05) is 16.1 Å². The van der Waals surface area contributed by atoms with Gasteiger partial charge < -0.3 is 19.9 Å². The first-order chi connectivity index (χ1) is 10.0. The molecule has 4 nitrogen and oxygen atoms in total. The Balaban J connectivity index is 2.27. The van der Waals surface area contributed by atoms with Crippen molar-refractivity contribution in [2.45, 2.75) is 13.0 Å². The molecule has 0 saturated heterocycles. The van der Waals surface area contributed by atoms with Crippen molar-refractivity contribution in [1.82, 2.24) is 0 Å². The normalized spacial score (nSPS) is 11.8. The molecule has 2 aromatic rings. The summed E-state index contributed by atoms with van der Waals surface area (Å²) in [6.07, 6.45) is 0. The summed E-state index contributed by atoms with van der Waals surface area (Å²) in [5.74, 6) is 1.71. The highest BCUT2D eigenvalue weighted by Crippen LogP contribution is 2.34. The van der Waals surface area contributed by atoms with Gasteiger partial charge in [-0.3, -0.25) is 0 Å². The van der Waals surface area contributed by atoms with Gasteiger partial charge in [0.2, 0.25) is 0 Å². The van der Waals surface area contributed by atoms with Crippen LogP contribution in [0.5, 0.6) is 17.2 Å². The molecule has 1 unspecified atom stereocenters. The van der Waals surface area contributed by atoms with E-state index in [1.807, 2.05) is 31.2 Å². The second-order valence-corrected chi connectivity index (χ2v) is 5.49. The standard InChI is InChI=1S/C16H18BrNO3/c1-10(13-8-11(20-2)5-7-16(13)19)18-15-9-12(21-3)4-6-14(15)17/h4-10,18-19H,1-3H3. The lowest BCUT2D eigenvalue weighted by atomic mass is 10.1. The molecular weight excluding hydrogens is 334 g/mol. The van der Waals surface area contributed by atoms with E-state index in [2.05, 4.69) is 21.2 Å². The van der Waals surface area contributed by atoms with Crippen molar-refractivity contribution >= 4 is 21.6 Å². The fourth-order valence-corrected chi connectivity index (χ4v) is 2.42. The number of rotatable bonds is 5. The zero-order valence-corrected chi connectivity index (χ0v) is 13.8. The molecule has 21 heavy (non-hydrogen) atoms. The highest BCUT2D eigenvalue weighted by atomic mass is 79.9. The van der Waals surface area contributed by atoms with Gasteiger partial charge in [-0.2, -0.15) is 0 Å². The zero-order valence-electron chi connectivity index (χ0n) is 12.2. The second-order valence-electron chi connectivity index (χ2n) is 4.64. The van der Waals surface area contributed by atoms with Crippen molar-refractivity contribution in [3.8, 4) is 17.2 Å². The topological polar surface area (TPSA) is 50.7 Å². The molecule has 0 aromatic heterocycles. The lowest BCUT2D eigenvalue weighted by Gasteiger charge is -2.19. The van der Waals surface area contributed by atoms with Crippen LogP contribution in [0.15, 0.2) is 40.9 Å². The highest BCUT2D eigenvalue weighted by Gasteiger charge is 2.13. The van der Waals surface area contributed by atoms with E-state index < -0.39 is 0 Å². The molecule has 2 N–H and O–H groups in total. The summed E-state index contributed by atoms with van der Waals surface area (Å²) in [4.78, 5) is 0. The number of ether oxygens (including phenoxy) is 2. The molecule has 2 aromatic carbocycles. The number of phenolic OH excluding ortho intramolecular Hbond substituents is 1. The number of anilines is 1. The predicted octanol–water partition coefficient (Wildman–Crippen LogP) is 4.35. The van der Waals surface area contributed by atoms with E-state index in [9.17, 15) is 5.11 Å². The number of hydrogen-bond donors (Lipinski definition) is 2. The second kappa shape index (κ2) is 6.72. The molecule has 1 atom stereocenters. The van der Waals surface area contributed by atoms with Crippen LogP contribution >= 0.6 is 15.9 Å². The first-order valence-electron chi connectivity index (χ1n) is 6.52. The fraction of sp³-hybridized carbons (Fsp3) is 0.250. The van der Waals surface area contributed by atoms with E-state index in [1.54, 1.807) is 26.4 Å². The first-order valence-corrected chi connectivity index (χ1v) is 7.31. The van der Waals surface area contributed by atoms with E-state index in [0.29, 0.717) is 5.75 Å². The Hall–Kier alpha value is -1.88. The maximum Gasteiger partial charge on any atom is 0.121 e. The molecule has 0 fully saturated rings. The molecule has 0 aliphatic heterocycles. The summed E-state index contributed by atoms with van der Waals surface area (Å²) in [5.41, 5.74) is 1.66. The van der Waals surface area contributed by atoms with E-state index in [0.717, 1.165) is 21.5 Å². The van der Waals surface area contributed by atoms with Crippen LogP contribution in [0.1, 0.15) is 18.5 Å². The third kappa shape index (κ3) is 3.61. The van der Waals surface area contributed by atoms with Crippen molar-refractivity contribution < 1.29 is 14.6 Å². The summed E-state index contributed by atoms with van der Waals surface area (Å²) in [6.45, 7) is 1.97. The van der Waals surface area contributed by atoms with E-state index >= 15 is 0 Å². The zero-order chi connectivity index (χ0) is 15.4. The van der Waals surface area contributed by atoms with Gasteiger partial charge in [-0.1, -0.05) is 0 Å². The van der Waals surface area contributed by atoms with Crippen molar-refractivity contribution in [2.75, 3.05) is 19.5 Å². The highest BCUT2D eigenvalue weighted by molar-refractivity contribution is 9.10. The van der Waals surface area contributed by atoms with E-state index in [-0.39, 0.29) is 11.8 Å². The van der Waals surface area contributed by atoms with Crippen LogP contribution in [0, 0.1) is 0 Å². The molecule has 0 amide bonds. The molecule has 0 heterocycles. The molecule has 112 valence electrons. The molecule has 0 spiro atoms. The summed E-state index contributed by atoms with van der Waals surface area (Å²) < 4.78 is 11.4. The molecule has 0 bridgehead atoms. The van der Waals surface area contributed by atoms with Crippen molar-refractivity contribution in [3.63, 3.8) is 0 Å². The Morgan fingerprint density at radius 3 is 2.33 bits per heavy atom. The number of aromatic hydroxyl groups is 1. The maximum absolute atomic E-state index is 10.0. The van der Waals surface area contributed by atoms with Gasteiger partial charge in [-0.05, 0) is 53.2 Å². The van der Waals surface area contributed by atoms with Crippen molar-refractivity contribution in [3.05, 3.63) is 46.4 Å². The average Bonchev–Trinajstić information content (AvgIpc) is 2.49. The van der Waals surface area contributed by atoms with Crippen LogP contribution < -0.4 is 14.8 Å². The van der Waals surface area contributed by atoms with Gasteiger partial charge in [-0.15, -0.1) is 0 Å². The average molecular weight is 352 g/mol. The predicted molar refractivity (Wildman–Crippen MR) is 87.4 cm³/mol. The summed E-state index contributed by atoms with van der Waals surface area (Å²) in [5, 5.41) is 13.4. The summed E-state index contributed by atoms with van der Waals surface area (Å²) in [7, 11) is 3.23. The number of nitrogens with one attached hydrogen (secondary N) is 1. The number of hydrogen-bond acceptors (Lipinski definition) is 4. The number of benzene rings is 2.